The summed E-state index contributed by atoms with van der Waals surface area (Å²) in [6, 6.07) is 2.14. The lowest BCUT2D eigenvalue weighted by molar-refractivity contribution is -0.221. The van der Waals surface area contributed by atoms with E-state index in [9.17, 15) is 18.3 Å². The van der Waals surface area contributed by atoms with E-state index in [1.165, 1.54) is 68.1 Å². The first-order valence-electron chi connectivity index (χ1n) is 23.2. The van der Waals surface area contributed by atoms with Gasteiger partial charge in [0.25, 0.3) is 0 Å². The number of sulfone groups is 1. The molecule has 4 saturated carbocycles. The summed E-state index contributed by atoms with van der Waals surface area (Å²) in [5.41, 5.74) is 5.07. The van der Waals surface area contributed by atoms with E-state index in [2.05, 4.69) is 80.5 Å². The zero-order valence-corrected chi connectivity index (χ0v) is 38.2. The van der Waals surface area contributed by atoms with Crippen molar-refractivity contribution in [2.24, 2.45) is 56.7 Å². The largest absolute Gasteiger partial charge is 0.481 e. The minimum Gasteiger partial charge on any atom is -0.481 e. The number of ether oxygens (including phenoxy) is 1. The van der Waals surface area contributed by atoms with Gasteiger partial charge in [0.05, 0.1) is 23.5 Å². The van der Waals surface area contributed by atoms with Gasteiger partial charge < -0.3 is 20.1 Å². The topological polar surface area (TPSA) is 122 Å². The fourth-order valence-corrected chi connectivity index (χ4v) is 16.8. The van der Waals surface area contributed by atoms with Gasteiger partial charge in [-0.15, -0.1) is 0 Å². The predicted octanol–water partition coefficient (Wildman–Crippen LogP) is 9.00. The molecule has 6 aliphatic carbocycles. The van der Waals surface area contributed by atoms with Gasteiger partial charge in [-0.1, -0.05) is 58.9 Å². The van der Waals surface area contributed by atoms with Gasteiger partial charge in [0.2, 0.25) is 0 Å². The molecule has 59 heavy (non-hydrogen) atoms. The van der Waals surface area contributed by atoms with Crippen LogP contribution in [0.3, 0.4) is 0 Å². The number of aliphatic carboxylic acids is 1. The molecule has 10 atom stereocenters. The number of allylic oxidation sites excluding steroid dienone is 5. The lowest BCUT2D eigenvalue weighted by Gasteiger charge is -2.72. The van der Waals surface area contributed by atoms with E-state index in [-0.39, 0.29) is 33.8 Å². The number of carbonyl (C=O) groups is 1. The van der Waals surface area contributed by atoms with E-state index in [0.717, 1.165) is 31.6 Å². The van der Waals surface area contributed by atoms with Crippen LogP contribution in [-0.4, -0.2) is 84.2 Å². The maximum Gasteiger partial charge on any atom is 0.316 e. The van der Waals surface area contributed by atoms with Crippen molar-refractivity contribution in [2.45, 2.75) is 137 Å². The van der Waals surface area contributed by atoms with Crippen LogP contribution < -0.4 is 10.1 Å². The number of nitrogens with one attached hydrogen (secondary N) is 1. The molecule has 5 fully saturated rings. The van der Waals surface area contributed by atoms with E-state index in [4.69, 9.17) is 4.74 Å². The Bertz CT molecular complexity index is 1980. The molecular weight excluding hydrogens is 757 g/mol. The molecule has 9 nitrogen and oxygen atoms in total. The first-order valence-corrected chi connectivity index (χ1v) is 25.0. The molecule has 2 N–H and O–H groups in total. The van der Waals surface area contributed by atoms with E-state index in [1.54, 1.807) is 6.20 Å². The smallest absolute Gasteiger partial charge is 0.316 e. The maximum atomic E-state index is 12.8. The molecule has 1 saturated heterocycles. The Hall–Kier alpha value is -2.56. The molecule has 1 aromatic heterocycles. The van der Waals surface area contributed by atoms with Gasteiger partial charge in [-0.2, -0.15) is 0 Å². The van der Waals surface area contributed by atoms with Gasteiger partial charge in [0.15, 0.2) is 9.84 Å². The Kier molecular flexibility index (Phi) is 11.2. The van der Waals surface area contributed by atoms with Crippen molar-refractivity contribution < 1.29 is 23.1 Å². The van der Waals surface area contributed by atoms with Crippen LogP contribution in [-0.2, 0) is 14.6 Å². The Morgan fingerprint density at radius 2 is 1.73 bits per heavy atom. The number of carboxylic acids is 1. The zero-order valence-electron chi connectivity index (χ0n) is 37.4. The second-order valence-corrected chi connectivity index (χ2v) is 24.2. The number of hydrogen-bond acceptors (Lipinski definition) is 8. The zero-order chi connectivity index (χ0) is 42.2. The molecule has 10 heteroatoms. The maximum absolute atomic E-state index is 12.8. The average Bonchev–Trinajstić information content (AvgIpc) is 3.56. The standard InChI is InChI=1S/C49H74N4O5S/c1-33(2)36-13-21-49(51-26-27-53-28-31-59(56,57)32-29-53)23-22-46(7)38(41(36)49)9-10-40-45(6)17-14-37(44(4,5)39(45)15-18-47(40,46)8)35-11-19-48(20-12-35,42(54)55)24-30-58-43-50-25-16-34(3)52-43/h11,14,16,25,36,38-41,51H,1,9-10,12-13,15,17-24,26-32H2,2-8H3,(H,54,55)/t36-,38+,39-,40+,41+,45-,46+,47+,48?,49?/m0/s1. The molecule has 1 aliphatic heterocycles. The van der Waals surface area contributed by atoms with E-state index in [1.807, 2.05) is 13.0 Å². The summed E-state index contributed by atoms with van der Waals surface area (Å²) >= 11 is 0. The van der Waals surface area contributed by atoms with Crippen LogP contribution >= 0.6 is 0 Å². The summed E-state index contributed by atoms with van der Waals surface area (Å²) in [4.78, 5) is 23.7. The van der Waals surface area contributed by atoms with Gasteiger partial charge in [0.1, 0.15) is 0 Å². The molecule has 0 amide bonds. The van der Waals surface area contributed by atoms with E-state index < -0.39 is 21.2 Å². The van der Waals surface area contributed by atoms with Crippen LogP contribution in [0.15, 0.2) is 47.7 Å². The quantitative estimate of drug-likeness (QED) is 0.211. The van der Waals surface area contributed by atoms with Gasteiger partial charge >= 0.3 is 12.0 Å². The SMILES string of the molecule is C=C(C)[C@@H]1CCC2(NCCN3CCS(=O)(=O)CC3)CC[C@]3(C)[C@H](CC[C@@H]4[C@@]5(C)CC=C(C6=CCC(CCOc7nccc(C)n7)(C(=O)O)CC6)C(C)(C)[C@@H]5CC[C@]43C)[C@@H]12. The van der Waals surface area contributed by atoms with Gasteiger partial charge in [-0.25, -0.2) is 18.4 Å². The van der Waals surface area contributed by atoms with Crippen molar-refractivity contribution in [1.29, 1.82) is 0 Å². The monoisotopic (exact) mass is 831 g/mol. The van der Waals surface area contributed by atoms with E-state index >= 15 is 0 Å². The Balaban J connectivity index is 0.991. The average molecular weight is 831 g/mol. The summed E-state index contributed by atoms with van der Waals surface area (Å²) in [6.07, 6.45) is 20.1. The summed E-state index contributed by atoms with van der Waals surface area (Å²) in [5, 5.41) is 14.7. The fourth-order valence-electron chi connectivity index (χ4n) is 15.5. The Morgan fingerprint density at radius 1 is 0.966 bits per heavy atom. The van der Waals surface area contributed by atoms with Crippen molar-refractivity contribution in [3.8, 4) is 6.01 Å². The number of nitrogens with zero attached hydrogens (tertiary/aromatic N) is 3. The number of carboxylic acid groups (broad SMARTS) is 1. The highest BCUT2D eigenvalue weighted by atomic mass is 32.2. The summed E-state index contributed by atoms with van der Waals surface area (Å²) < 4.78 is 30.0. The van der Waals surface area contributed by atoms with Crippen molar-refractivity contribution >= 4 is 15.8 Å². The number of hydrogen-bond donors (Lipinski definition) is 2. The third-order valence-corrected chi connectivity index (χ3v) is 20.6. The molecular formula is C49H74N4O5S. The third-order valence-electron chi connectivity index (χ3n) is 19.0. The number of aryl methyl sites for hydroxylation is 1. The van der Waals surface area contributed by atoms with Crippen LogP contribution in [0.4, 0.5) is 0 Å². The molecule has 2 heterocycles. The first kappa shape index (κ1) is 43.1. The highest BCUT2D eigenvalue weighted by molar-refractivity contribution is 7.91. The van der Waals surface area contributed by atoms with Crippen LogP contribution in [0, 0.1) is 63.6 Å². The number of fused-ring (bicyclic) bond motifs is 7. The van der Waals surface area contributed by atoms with Gasteiger partial charge in [0, 0.05) is 43.6 Å². The lowest BCUT2D eigenvalue weighted by Crippen LogP contribution is -2.68. The van der Waals surface area contributed by atoms with Crippen LogP contribution in [0.5, 0.6) is 6.01 Å². The first-order chi connectivity index (χ1) is 27.8. The molecule has 0 radical (unpaired) electrons. The Labute approximate surface area is 355 Å². The molecule has 7 aliphatic rings. The Morgan fingerprint density at radius 3 is 2.41 bits per heavy atom. The third kappa shape index (κ3) is 7.19. The van der Waals surface area contributed by atoms with Crippen molar-refractivity contribution in [1.82, 2.24) is 20.2 Å². The summed E-state index contributed by atoms with van der Waals surface area (Å²) in [7, 11) is -2.87. The highest BCUT2D eigenvalue weighted by Gasteiger charge is 2.70. The normalized spacial score (nSPS) is 41.3. The minimum atomic E-state index is -2.87. The molecule has 0 aromatic carbocycles. The number of aromatic nitrogens is 2. The van der Waals surface area contributed by atoms with Crippen LogP contribution in [0.1, 0.15) is 131 Å². The van der Waals surface area contributed by atoms with Crippen LogP contribution in [0.25, 0.3) is 0 Å². The van der Waals surface area contributed by atoms with Crippen molar-refractivity contribution in [3.63, 3.8) is 0 Å². The molecule has 1 aromatic rings. The minimum absolute atomic E-state index is 0.00738. The van der Waals surface area contributed by atoms with Crippen molar-refractivity contribution in [3.05, 3.63) is 53.4 Å². The highest BCUT2D eigenvalue weighted by Crippen LogP contribution is 2.76. The molecule has 326 valence electrons. The molecule has 0 spiro atoms. The van der Waals surface area contributed by atoms with Gasteiger partial charge in [-0.05, 0) is 166 Å². The fraction of sp³-hybridized carbons (Fsp3) is 0.776. The van der Waals surface area contributed by atoms with Crippen LogP contribution in [0.2, 0.25) is 0 Å². The second-order valence-electron chi connectivity index (χ2n) is 21.9. The molecule has 2 unspecified atom stereocenters. The predicted molar refractivity (Wildman–Crippen MR) is 235 cm³/mol. The van der Waals surface area contributed by atoms with Crippen molar-refractivity contribution in [2.75, 3.05) is 44.3 Å². The van der Waals surface area contributed by atoms with E-state index in [0.29, 0.717) is 79.5 Å². The molecule has 8 rings (SSSR count). The summed E-state index contributed by atoms with van der Waals surface area (Å²) in [5.74, 6) is 2.89. The summed E-state index contributed by atoms with van der Waals surface area (Å²) in [6.45, 7) is 25.4. The number of rotatable bonds is 11. The van der Waals surface area contributed by atoms with Gasteiger partial charge in [-0.3, -0.25) is 4.79 Å². The molecule has 0 bridgehead atoms. The second kappa shape index (κ2) is 15.4. The lowest BCUT2D eigenvalue weighted by atomic mass is 9.33.